The third-order valence-corrected chi connectivity index (χ3v) is 3.76. The minimum atomic E-state index is -0.377. The molecule has 3 rings (SSSR count). The molecule has 1 saturated heterocycles. The van der Waals surface area contributed by atoms with Crippen LogP contribution in [-0.4, -0.2) is 24.9 Å². The van der Waals surface area contributed by atoms with E-state index >= 15 is 0 Å². The van der Waals surface area contributed by atoms with Crippen molar-refractivity contribution in [2.45, 2.75) is 18.8 Å². The van der Waals surface area contributed by atoms with Crippen molar-refractivity contribution in [3.63, 3.8) is 0 Å². The molecule has 0 saturated carbocycles. The van der Waals surface area contributed by atoms with Gasteiger partial charge in [0.05, 0.1) is 0 Å². The minimum absolute atomic E-state index is 0.296. The molecule has 1 fully saturated rings. The van der Waals surface area contributed by atoms with Gasteiger partial charge < -0.3 is 10.6 Å². The Balaban J connectivity index is 1.68. The molecule has 2 aliphatic heterocycles. The molecular weight excluding hydrogens is 254 g/mol. The van der Waals surface area contributed by atoms with E-state index in [2.05, 4.69) is 28.1 Å². The van der Waals surface area contributed by atoms with Crippen molar-refractivity contribution < 1.29 is 9.59 Å². The van der Waals surface area contributed by atoms with Crippen molar-refractivity contribution in [1.29, 1.82) is 0 Å². The largest absolute Gasteiger partial charge is 0.351 e. The molecule has 2 heterocycles. The van der Waals surface area contributed by atoms with E-state index in [9.17, 15) is 9.59 Å². The summed E-state index contributed by atoms with van der Waals surface area (Å²) in [6, 6.07) is 8.09. The highest BCUT2D eigenvalue weighted by atomic mass is 16.2. The van der Waals surface area contributed by atoms with Gasteiger partial charge in [-0.15, -0.1) is 0 Å². The summed E-state index contributed by atoms with van der Waals surface area (Å²) in [6.45, 7) is 2.14. The van der Waals surface area contributed by atoms with Gasteiger partial charge in [0.2, 0.25) is 0 Å². The maximum absolute atomic E-state index is 11.4. The van der Waals surface area contributed by atoms with Crippen LogP contribution in [0.3, 0.4) is 0 Å². The fourth-order valence-corrected chi connectivity index (χ4v) is 2.65. The second-order valence-electron chi connectivity index (χ2n) is 5.15. The first-order chi connectivity index (χ1) is 9.72. The Morgan fingerprint density at radius 2 is 1.75 bits per heavy atom. The van der Waals surface area contributed by atoms with Crippen LogP contribution in [0.1, 0.15) is 24.3 Å². The highest BCUT2D eigenvalue weighted by Gasteiger charge is 2.21. The van der Waals surface area contributed by atoms with Gasteiger partial charge in [-0.05, 0) is 49.5 Å². The van der Waals surface area contributed by atoms with Crippen LogP contribution < -0.4 is 16.0 Å². The molecule has 0 bridgehead atoms. The highest BCUT2D eigenvalue weighted by Crippen LogP contribution is 2.26. The topological polar surface area (TPSA) is 70.2 Å². The zero-order valence-corrected chi connectivity index (χ0v) is 11.1. The second kappa shape index (κ2) is 5.46. The molecule has 5 heteroatoms. The summed E-state index contributed by atoms with van der Waals surface area (Å²) in [5.41, 5.74) is 2.45. The van der Waals surface area contributed by atoms with Crippen molar-refractivity contribution >= 4 is 17.5 Å². The van der Waals surface area contributed by atoms with Crippen LogP contribution in [0, 0.1) is 0 Å². The summed E-state index contributed by atoms with van der Waals surface area (Å²) in [4.78, 5) is 22.5. The second-order valence-corrected chi connectivity index (χ2v) is 5.15. The van der Waals surface area contributed by atoms with Gasteiger partial charge in [0.15, 0.2) is 0 Å². The Hall–Kier alpha value is -2.14. The van der Waals surface area contributed by atoms with E-state index in [4.69, 9.17) is 0 Å². The van der Waals surface area contributed by atoms with Gasteiger partial charge in [0, 0.05) is 11.8 Å². The predicted octanol–water partition coefficient (Wildman–Crippen LogP) is 1.11. The number of piperidine rings is 1. The van der Waals surface area contributed by atoms with Gasteiger partial charge in [0.1, 0.15) is 5.70 Å². The average molecular weight is 271 g/mol. The molecule has 2 aliphatic rings. The molecule has 20 heavy (non-hydrogen) atoms. The first-order valence-electron chi connectivity index (χ1n) is 6.87. The van der Waals surface area contributed by atoms with E-state index in [0.717, 1.165) is 31.6 Å². The van der Waals surface area contributed by atoms with E-state index in [1.807, 2.05) is 12.1 Å². The number of imide groups is 1. The summed E-state index contributed by atoms with van der Waals surface area (Å²) < 4.78 is 0. The Morgan fingerprint density at radius 1 is 1.05 bits per heavy atom. The molecule has 0 spiro atoms. The van der Waals surface area contributed by atoms with Crippen LogP contribution in [-0.2, 0) is 9.59 Å². The molecule has 0 aliphatic carbocycles. The van der Waals surface area contributed by atoms with Gasteiger partial charge in [-0.2, -0.15) is 0 Å². The number of amides is 2. The van der Waals surface area contributed by atoms with E-state index in [0.29, 0.717) is 11.6 Å². The Morgan fingerprint density at radius 3 is 2.35 bits per heavy atom. The number of nitrogens with one attached hydrogen (secondary N) is 3. The third-order valence-electron chi connectivity index (χ3n) is 3.76. The molecule has 0 aromatic heterocycles. The molecule has 5 nitrogen and oxygen atoms in total. The SMILES string of the molecule is O=C1C=C(Nc2ccc(C3CCNCC3)cc2)C(=O)N1. The van der Waals surface area contributed by atoms with Gasteiger partial charge in [0.25, 0.3) is 11.8 Å². The zero-order valence-electron chi connectivity index (χ0n) is 11.1. The first kappa shape index (κ1) is 12.9. The number of anilines is 1. The van der Waals surface area contributed by atoms with Crippen LogP contribution in [0.5, 0.6) is 0 Å². The van der Waals surface area contributed by atoms with Crippen molar-refractivity contribution in [3.05, 3.63) is 41.6 Å². The number of rotatable bonds is 3. The standard InChI is InChI=1S/C15H17N3O2/c19-14-9-13(15(20)18-14)17-12-3-1-10(2-4-12)11-5-7-16-8-6-11/h1-4,9,11,16H,5-8H2,(H2,17,18,19,20). The normalized spacial score (nSPS) is 19.7. The van der Waals surface area contributed by atoms with Crippen LogP contribution in [0.15, 0.2) is 36.0 Å². The number of carbonyl (C=O) groups is 2. The van der Waals surface area contributed by atoms with Crippen molar-refractivity contribution in [3.8, 4) is 0 Å². The van der Waals surface area contributed by atoms with Gasteiger partial charge in [-0.1, -0.05) is 12.1 Å². The van der Waals surface area contributed by atoms with Gasteiger partial charge >= 0.3 is 0 Å². The van der Waals surface area contributed by atoms with Crippen molar-refractivity contribution in [2.75, 3.05) is 18.4 Å². The molecule has 1 aromatic rings. The van der Waals surface area contributed by atoms with Gasteiger partial charge in [-0.3, -0.25) is 14.9 Å². The van der Waals surface area contributed by atoms with Crippen LogP contribution >= 0.6 is 0 Å². The Labute approximate surface area is 117 Å². The quantitative estimate of drug-likeness (QED) is 0.720. The summed E-state index contributed by atoms with van der Waals surface area (Å²) in [7, 11) is 0. The number of benzene rings is 1. The van der Waals surface area contributed by atoms with E-state index in [-0.39, 0.29) is 11.8 Å². The van der Waals surface area contributed by atoms with E-state index < -0.39 is 0 Å². The number of carbonyl (C=O) groups excluding carboxylic acids is 2. The van der Waals surface area contributed by atoms with Crippen LogP contribution in [0.25, 0.3) is 0 Å². The fourth-order valence-electron chi connectivity index (χ4n) is 2.65. The molecular formula is C15H17N3O2. The molecule has 0 radical (unpaired) electrons. The minimum Gasteiger partial charge on any atom is -0.351 e. The molecule has 2 amide bonds. The maximum atomic E-state index is 11.4. The van der Waals surface area contributed by atoms with Gasteiger partial charge in [-0.25, -0.2) is 0 Å². The summed E-state index contributed by atoms with van der Waals surface area (Å²) >= 11 is 0. The molecule has 104 valence electrons. The van der Waals surface area contributed by atoms with Crippen molar-refractivity contribution in [1.82, 2.24) is 10.6 Å². The lowest BCUT2D eigenvalue weighted by molar-refractivity contribution is -0.123. The summed E-state index contributed by atoms with van der Waals surface area (Å²) in [6.07, 6.45) is 3.60. The Kier molecular flexibility index (Phi) is 3.52. The third kappa shape index (κ3) is 2.72. The monoisotopic (exact) mass is 271 g/mol. The number of hydrogen-bond donors (Lipinski definition) is 3. The smallest absolute Gasteiger partial charge is 0.274 e. The Bertz CT molecular complexity index is 557. The lowest BCUT2D eigenvalue weighted by Crippen LogP contribution is -2.26. The first-order valence-corrected chi connectivity index (χ1v) is 6.87. The average Bonchev–Trinajstić information content (AvgIpc) is 2.79. The lowest BCUT2D eigenvalue weighted by Gasteiger charge is -2.23. The summed E-state index contributed by atoms with van der Waals surface area (Å²) in [5, 5.41) is 8.53. The zero-order chi connectivity index (χ0) is 13.9. The van der Waals surface area contributed by atoms with Crippen LogP contribution in [0.4, 0.5) is 5.69 Å². The molecule has 3 N–H and O–H groups in total. The number of hydrogen-bond acceptors (Lipinski definition) is 4. The summed E-state index contributed by atoms with van der Waals surface area (Å²) in [5.74, 6) is -0.137. The predicted molar refractivity (Wildman–Crippen MR) is 76.1 cm³/mol. The van der Waals surface area contributed by atoms with Crippen molar-refractivity contribution in [2.24, 2.45) is 0 Å². The molecule has 1 aromatic carbocycles. The highest BCUT2D eigenvalue weighted by molar-refractivity contribution is 6.17. The molecule has 0 atom stereocenters. The molecule has 0 unspecified atom stereocenters. The lowest BCUT2D eigenvalue weighted by atomic mass is 9.90. The maximum Gasteiger partial charge on any atom is 0.274 e. The van der Waals surface area contributed by atoms with E-state index in [1.54, 1.807) is 0 Å². The van der Waals surface area contributed by atoms with Crippen LogP contribution in [0.2, 0.25) is 0 Å². The van der Waals surface area contributed by atoms with E-state index in [1.165, 1.54) is 11.6 Å². The fraction of sp³-hybridized carbons (Fsp3) is 0.333.